The number of carbonyl (C=O) groups is 1. The van der Waals surface area contributed by atoms with Crippen LogP contribution in [0.1, 0.15) is 34.6 Å². The van der Waals surface area contributed by atoms with E-state index in [1.165, 1.54) is 12.1 Å². The van der Waals surface area contributed by atoms with Crippen LogP contribution in [0.5, 0.6) is 0 Å². The highest BCUT2D eigenvalue weighted by Gasteiger charge is 2.23. The maximum Gasteiger partial charge on any atom is 0.335 e. The minimum atomic E-state index is -1.18. The third-order valence-electron chi connectivity index (χ3n) is 3.71. The molecule has 1 aromatic heterocycles. The first kappa shape index (κ1) is 13.3. The van der Waals surface area contributed by atoms with Gasteiger partial charge in [0.15, 0.2) is 0 Å². The summed E-state index contributed by atoms with van der Waals surface area (Å²) in [6.07, 6.45) is 5.39. The van der Waals surface area contributed by atoms with Gasteiger partial charge in [0.05, 0.1) is 22.5 Å². The number of nitro benzene ring substituents is 1. The zero-order valence-electron chi connectivity index (χ0n) is 11.2. The SMILES string of the molecule is O=C(O)c1ccc(-n2cnc3c2CCCC3)c([N+](=O)[O-])c1. The monoisotopic (exact) mass is 287 g/mol. The van der Waals surface area contributed by atoms with Gasteiger partial charge in [0.1, 0.15) is 5.69 Å². The summed E-state index contributed by atoms with van der Waals surface area (Å²) in [5.41, 5.74) is 1.99. The number of nitrogens with zero attached hydrogens (tertiary/aromatic N) is 3. The Hall–Kier alpha value is -2.70. The van der Waals surface area contributed by atoms with Crippen LogP contribution in [0.25, 0.3) is 5.69 Å². The second kappa shape index (κ2) is 5.01. The highest BCUT2D eigenvalue weighted by Crippen LogP contribution is 2.29. The molecule has 0 radical (unpaired) electrons. The number of nitro groups is 1. The number of benzene rings is 1. The van der Waals surface area contributed by atoms with Gasteiger partial charge in [0.2, 0.25) is 0 Å². The van der Waals surface area contributed by atoms with E-state index >= 15 is 0 Å². The van der Waals surface area contributed by atoms with Crippen molar-refractivity contribution in [3.63, 3.8) is 0 Å². The number of rotatable bonds is 3. The maximum atomic E-state index is 11.2. The molecule has 2 aromatic rings. The van der Waals surface area contributed by atoms with Gasteiger partial charge in [-0.05, 0) is 37.8 Å². The van der Waals surface area contributed by atoms with Gasteiger partial charge in [-0.1, -0.05) is 0 Å². The Morgan fingerprint density at radius 3 is 2.81 bits per heavy atom. The summed E-state index contributed by atoms with van der Waals surface area (Å²) in [7, 11) is 0. The van der Waals surface area contributed by atoms with Gasteiger partial charge in [0, 0.05) is 11.8 Å². The van der Waals surface area contributed by atoms with Crippen LogP contribution in [-0.2, 0) is 12.8 Å². The molecule has 0 unspecified atom stereocenters. The summed E-state index contributed by atoms with van der Waals surface area (Å²) in [5, 5.41) is 20.2. The van der Waals surface area contributed by atoms with Gasteiger partial charge < -0.3 is 5.11 Å². The van der Waals surface area contributed by atoms with Crippen LogP contribution < -0.4 is 0 Å². The molecule has 0 fully saturated rings. The predicted molar refractivity (Wildman–Crippen MR) is 73.8 cm³/mol. The Balaban J connectivity index is 2.16. The molecule has 21 heavy (non-hydrogen) atoms. The van der Waals surface area contributed by atoms with Gasteiger partial charge in [-0.2, -0.15) is 0 Å². The van der Waals surface area contributed by atoms with Crippen molar-refractivity contribution < 1.29 is 14.8 Å². The van der Waals surface area contributed by atoms with E-state index in [-0.39, 0.29) is 11.3 Å². The van der Waals surface area contributed by atoms with E-state index in [1.807, 2.05) is 0 Å². The van der Waals surface area contributed by atoms with Crippen molar-refractivity contribution in [2.45, 2.75) is 25.7 Å². The van der Waals surface area contributed by atoms with Crippen molar-refractivity contribution in [3.05, 3.63) is 51.6 Å². The van der Waals surface area contributed by atoms with Crippen molar-refractivity contribution in [3.8, 4) is 5.69 Å². The van der Waals surface area contributed by atoms with Gasteiger partial charge in [-0.3, -0.25) is 14.7 Å². The molecule has 108 valence electrons. The summed E-state index contributed by atoms with van der Waals surface area (Å²) in [5.74, 6) is -1.18. The number of carboxylic acids is 1. The Labute approximate surface area is 120 Å². The number of hydrogen-bond acceptors (Lipinski definition) is 4. The van der Waals surface area contributed by atoms with Crippen LogP contribution in [0, 0.1) is 10.1 Å². The van der Waals surface area contributed by atoms with Crippen molar-refractivity contribution in [2.24, 2.45) is 0 Å². The van der Waals surface area contributed by atoms with Gasteiger partial charge in [-0.15, -0.1) is 0 Å². The molecule has 0 saturated heterocycles. The molecule has 0 saturated carbocycles. The van der Waals surface area contributed by atoms with Crippen LogP contribution in [0.15, 0.2) is 24.5 Å². The molecule has 0 atom stereocenters. The molecule has 0 aliphatic heterocycles. The molecule has 1 heterocycles. The molecular weight excluding hydrogens is 274 g/mol. The highest BCUT2D eigenvalue weighted by molar-refractivity contribution is 5.89. The minimum Gasteiger partial charge on any atom is -0.478 e. The molecule has 0 bridgehead atoms. The number of hydrogen-bond donors (Lipinski definition) is 1. The first-order valence-corrected chi connectivity index (χ1v) is 6.65. The number of carboxylic acid groups (broad SMARTS) is 1. The van der Waals surface area contributed by atoms with Crippen LogP contribution in [-0.4, -0.2) is 25.6 Å². The van der Waals surface area contributed by atoms with Crippen molar-refractivity contribution >= 4 is 11.7 Å². The van der Waals surface area contributed by atoms with Crippen LogP contribution >= 0.6 is 0 Å². The predicted octanol–water partition coefficient (Wildman–Crippen LogP) is 2.36. The summed E-state index contributed by atoms with van der Waals surface area (Å²) in [6.45, 7) is 0. The third-order valence-corrected chi connectivity index (χ3v) is 3.71. The lowest BCUT2D eigenvalue weighted by Crippen LogP contribution is -2.09. The van der Waals surface area contributed by atoms with E-state index in [2.05, 4.69) is 4.98 Å². The van der Waals surface area contributed by atoms with E-state index in [0.717, 1.165) is 43.1 Å². The zero-order valence-corrected chi connectivity index (χ0v) is 11.2. The number of fused-ring (bicyclic) bond motifs is 1. The largest absolute Gasteiger partial charge is 0.478 e. The second-order valence-corrected chi connectivity index (χ2v) is 4.98. The van der Waals surface area contributed by atoms with Crippen LogP contribution in [0.3, 0.4) is 0 Å². The smallest absolute Gasteiger partial charge is 0.335 e. The summed E-state index contributed by atoms with van der Waals surface area (Å²) < 4.78 is 1.71. The van der Waals surface area contributed by atoms with Gasteiger partial charge >= 0.3 is 5.97 Å². The van der Waals surface area contributed by atoms with Crippen molar-refractivity contribution in [1.29, 1.82) is 0 Å². The minimum absolute atomic E-state index is 0.0977. The first-order chi connectivity index (χ1) is 10.1. The van der Waals surface area contributed by atoms with E-state index in [4.69, 9.17) is 5.11 Å². The topological polar surface area (TPSA) is 98.3 Å². The summed E-state index contributed by atoms with van der Waals surface area (Å²) in [6, 6.07) is 3.94. The first-order valence-electron chi connectivity index (χ1n) is 6.65. The molecule has 1 aromatic carbocycles. The molecule has 0 spiro atoms. The normalized spacial score (nSPS) is 13.7. The van der Waals surface area contributed by atoms with E-state index in [0.29, 0.717) is 5.69 Å². The summed E-state index contributed by atoms with van der Waals surface area (Å²) in [4.78, 5) is 26.0. The maximum absolute atomic E-state index is 11.2. The average molecular weight is 287 g/mol. The fourth-order valence-electron chi connectivity index (χ4n) is 2.68. The van der Waals surface area contributed by atoms with E-state index < -0.39 is 10.9 Å². The Kier molecular flexibility index (Phi) is 3.17. The molecule has 1 N–H and O–H groups in total. The Morgan fingerprint density at radius 1 is 1.33 bits per heavy atom. The van der Waals surface area contributed by atoms with Crippen LogP contribution in [0.2, 0.25) is 0 Å². The fourth-order valence-corrected chi connectivity index (χ4v) is 2.68. The lowest BCUT2D eigenvalue weighted by molar-refractivity contribution is -0.384. The van der Waals surface area contributed by atoms with Gasteiger partial charge in [-0.25, -0.2) is 9.78 Å². The average Bonchev–Trinajstić information content (AvgIpc) is 2.90. The second-order valence-electron chi connectivity index (χ2n) is 4.98. The summed E-state index contributed by atoms with van der Waals surface area (Å²) >= 11 is 0. The molecule has 7 nitrogen and oxygen atoms in total. The number of aromatic carboxylic acids is 1. The number of aromatic nitrogens is 2. The third kappa shape index (κ3) is 2.26. The molecular formula is C14H13N3O4. The lowest BCUT2D eigenvalue weighted by atomic mass is 10.0. The fraction of sp³-hybridized carbons (Fsp3) is 0.286. The number of imidazole rings is 1. The zero-order chi connectivity index (χ0) is 15.0. The molecule has 0 amide bonds. The molecule has 3 rings (SSSR count). The van der Waals surface area contributed by atoms with E-state index in [9.17, 15) is 14.9 Å². The van der Waals surface area contributed by atoms with Gasteiger partial charge in [0.25, 0.3) is 5.69 Å². The molecule has 1 aliphatic carbocycles. The Morgan fingerprint density at radius 2 is 2.10 bits per heavy atom. The van der Waals surface area contributed by atoms with Crippen LogP contribution in [0.4, 0.5) is 5.69 Å². The standard InChI is InChI=1S/C14H13N3O4/c18-14(19)9-5-6-12(13(7-9)17(20)21)16-8-15-10-3-1-2-4-11(10)16/h5-8H,1-4H2,(H,18,19). The quantitative estimate of drug-likeness (QED) is 0.690. The van der Waals surface area contributed by atoms with E-state index in [1.54, 1.807) is 10.9 Å². The Bertz CT molecular complexity index is 736. The van der Waals surface area contributed by atoms with Crippen molar-refractivity contribution in [2.75, 3.05) is 0 Å². The van der Waals surface area contributed by atoms with Crippen molar-refractivity contribution in [1.82, 2.24) is 9.55 Å². The highest BCUT2D eigenvalue weighted by atomic mass is 16.6. The molecule has 7 heteroatoms. The lowest BCUT2D eigenvalue weighted by Gasteiger charge is -2.14. The number of aryl methyl sites for hydroxylation is 1. The molecule has 1 aliphatic rings.